The summed E-state index contributed by atoms with van der Waals surface area (Å²) < 4.78 is 28.5. The van der Waals surface area contributed by atoms with E-state index in [0.29, 0.717) is 6.42 Å². The summed E-state index contributed by atoms with van der Waals surface area (Å²) in [5.74, 6) is -0.803. The van der Waals surface area contributed by atoms with Crippen LogP contribution in [0.4, 0.5) is 5.69 Å². The van der Waals surface area contributed by atoms with Crippen molar-refractivity contribution in [3.63, 3.8) is 0 Å². The molecule has 1 N–H and O–H groups in total. The van der Waals surface area contributed by atoms with E-state index in [-0.39, 0.29) is 34.1 Å². The second-order valence-electron chi connectivity index (χ2n) is 9.09. The van der Waals surface area contributed by atoms with E-state index < -0.39 is 28.5 Å². The summed E-state index contributed by atoms with van der Waals surface area (Å²) in [4.78, 5) is 28.3. The van der Waals surface area contributed by atoms with Crippen molar-refractivity contribution >= 4 is 39.1 Å². The summed E-state index contributed by atoms with van der Waals surface area (Å²) in [6.07, 6.45) is 1.25. The van der Waals surface area contributed by atoms with Crippen LogP contribution in [0.15, 0.2) is 89.8 Å². The maximum absolute atomic E-state index is 13.8. The third-order valence-corrected chi connectivity index (χ3v) is 8.48. The molecule has 0 saturated heterocycles. The SMILES string of the molecule is CC[C@@H](C)NC(=O)[C@@H](C)N(CCc1ccccc1)C(=O)CN(c1ccccc1Cl)S(=O)(=O)c1ccccc1. The normalized spacial score (nSPS) is 12.8. The summed E-state index contributed by atoms with van der Waals surface area (Å²) >= 11 is 6.41. The first-order valence-electron chi connectivity index (χ1n) is 12.6. The molecule has 0 aliphatic rings. The monoisotopic (exact) mass is 555 g/mol. The van der Waals surface area contributed by atoms with Gasteiger partial charge in [0.05, 0.1) is 15.6 Å². The number of hydrogen-bond acceptors (Lipinski definition) is 4. The van der Waals surface area contributed by atoms with E-state index in [1.807, 2.05) is 44.2 Å². The molecule has 0 aromatic heterocycles. The van der Waals surface area contributed by atoms with Crippen LogP contribution in [0.1, 0.15) is 32.8 Å². The molecule has 7 nitrogen and oxygen atoms in total. The first-order valence-corrected chi connectivity index (χ1v) is 14.4. The highest BCUT2D eigenvalue weighted by Gasteiger charge is 2.33. The molecule has 3 rings (SSSR count). The molecule has 0 fully saturated rings. The standard InChI is InChI=1S/C29H34ClN3O4S/c1-4-22(2)31-29(35)23(3)32(20-19-24-13-7-5-8-14-24)28(34)21-33(27-18-12-11-17-26(27)30)38(36,37)25-15-9-6-10-16-25/h5-18,22-23H,4,19-21H2,1-3H3,(H,31,35)/t22-,23-/m1/s1. The van der Waals surface area contributed by atoms with Gasteiger partial charge in [0.15, 0.2) is 0 Å². The zero-order valence-corrected chi connectivity index (χ0v) is 23.5. The molecule has 3 aromatic carbocycles. The lowest BCUT2D eigenvalue weighted by atomic mass is 10.1. The van der Waals surface area contributed by atoms with Crippen LogP contribution in [-0.2, 0) is 26.0 Å². The third kappa shape index (κ3) is 7.36. The maximum Gasteiger partial charge on any atom is 0.264 e. The average molecular weight is 556 g/mol. The Bertz CT molecular complexity index is 1320. The fourth-order valence-corrected chi connectivity index (χ4v) is 5.66. The van der Waals surface area contributed by atoms with Crippen LogP contribution in [0.5, 0.6) is 0 Å². The summed E-state index contributed by atoms with van der Waals surface area (Å²) in [6.45, 7) is 5.23. The molecule has 2 atom stereocenters. The van der Waals surface area contributed by atoms with Crippen LogP contribution in [0.25, 0.3) is 0 Å². The molecule has 0 saturated carbocycles. The quantitative estimate of drug-likeness (QED) is 0.344. The highest BCUT2D eigenvalue weighted by Crippen LogP contribution is 2.30. The predicted octanol–water partition coefficient (Wildman–Crippen LogP) is 4.91. The number of carbonyl (C=O) groups excluding carboxylic acids is 2. The first kappa shape index (κ1) is 29.2. The van der Waals surface area contributed by atoms with E-state index in [4.69, 9.17) is 11.6 Å². The van der Waals surface area contributed by atoms with Crippen molar-refractivity contribution in [1.82, 2.24) is 10.2 Å². The van der Waals surface area contributed by atoms with Gasteiger partial charge in [-0.05, 0) is 56.5 Å². The Morgan fingerprint density at radius 1 is 0.895 bits per heavy atom. The van der Waals surface area contributed by atoms with Crippen molar-refractivity contribution in [1.29, 1.82) is 0 Å². The zero-order valence-electron chi connectivity index (χ0n) is 21.9. The van der Waals surface area contributed by atoms with Gasteiger partial charge in [0.1, 0.15) is 12.6 Å². The van der Waals surface area contributed by atoms with Crippen LogP contribution in [0, 0.1) is 0 Å². The predicted molar refractivity (Wildman–Crippen MR) is 152 cm³/mol. The van der Waals surface area contributed by atoms with Gasteiger partial charge in [-0.2, -0.15) is 0 Å². The lowest BCUT2D eigenvalue weighted by molar-refractivity contribution is -0.139. The molecule has 0 radical (unpaired) electrons. The van der Waals surface area contributed by atoms with Gasteiger partial charge >= 0.3 is 0 Å². The molecule has 3 aromatic rings. The van der Waals surface area contributed by atoms with Crippen molar-refractivity contribution in [2.24, 2.45) is 0 Å². The Kier molecular flexibility index (Phi) is 10.3. The molecule has 2 amide bonds. The second kappa shape index (κ2) is 13.4. The summed E-state index contributed by atoms with van der Waals surface area (Å²) in [7, 11) is -4.14. The van der Waals surface area contributed by atoms with Gasteiger partial charge in [-0.1, -0.05) is 79.2 Å². The minimum absolute atomic E-state index is 0.0334. The number of halogens is 1. The number of anilines is 1. The topological polar surface area (TPSA) is 86.8 Å². The number of carbonyl (C=O) groups is 2. The third-order valence-electron chi connectivity index (χ3n) is 6.38. The number of amides is 2. The molecule has 0 aliphatic carbocycles. The number of nitrogens with one attached hydrogen (secondary N) is 1. The van der Waals surface area contributed by atoms with Crippen molar-refractivity contribution in [3.05, 3.63) is 95.5 Å². The van der Waals surface area contributed by atoms with E-state index in [0.717, 1.165) is 16.3 Å². The molecule has 0 bridgehead atoms. The highest BCUT2D eigenvalue weighted by molar-refractivity contribution is 7.92. The maximum atomic E-state index is 13.8. The Hall–Kier alpha value is -3.36. The van der Waals surface area contributed by atoms with Crippen molar-refractivity contribution < 1.29 is 18.0 Å². The van der Waals surface area contributed by atoms with Crippen LogP contribution in [0.3, 0.4) is 0 Å². The van der Waals surface area contributed by atoms with Gasteiger partial charge in [0.2, 0.25) is 11.8 Å². The van der Waals surface area contributed by atoms with Crippen molar-refractivity contribution in [3.8, 4) is 0 Å². The van der Waals surface area contributed by atoms with Gasteiger partial charge in [0, 0.05) is 12.6 Å². The Morgan fingerprint density at radius 3 is 2.08 bits per heavy atom. The minimum Gasteiger partial charge on any atom is -0.352 e. The minimum atomic E-state index is -4.14. The second-order valence-corrected chi connectivity index (χ2v) is 11.4. The van der Waals surface area contributed by atoms with E-state index in [1.165, 1.54) is 17.0 Å². The molecule has 202 valence electrons. The number of sulfonamides is 1. The summed E-state index contributed by atoms with van der Waals surface area (Å²) in [5.41, 5.74) is 1.19. The molecular formula is C29H34ClN3O4S. The fourth-order valence-electron chi connectivity index (χ4n) is 3.92. The lowest BCUT2D eigenvalue weighted by Crippen LogP contribution is -2.53. The van der Waals surface area contributed by atoms with E-state index in [1.54, 1.807) is 49.4 Å². The molecule has 38 heavy (non-hydrogen) atoms. The van der Waals surface area contributed by atoms with Crippen LogP contribution >= 0.6 is 11.6 Å². The Labute approximate surface area is 230 Å². The Morgan fingerprint density at radius 2 is 1.47 bits per heavy atom. The molecule has 0 spiro atoms. The van der Waals surface area contributed by atoms with Crippen LogP contribution < -0.4 is 9.62 Å². The van der Waals surface area contributed by atoms with Crippen LogP contribution in [-0.4, -0.2) is 50.3 Å². The number of rotatable bonds is 12. The molecule has 0 aliphatic heterocycles. The van der Waals surface area contributed by atoms with Crippen molar-refractivity contribution in [2.45, 2.75) is 50.6 Å². The number of benzene rings is 3. The van der Waals surface area contributed by atoms with E-state index in [2.05, 4.69) is 5.32 Å². The lowest BCUT2D eigenvalue weighted by Gasteiger charge is -2.32. The van der Waals surface area contributed by atoms with Gasteiger partial charge in [0.25, 0.3) is 10.0 Å². The molecule has 9 heteroatoms. The Balaban J connectivity index is 1.97. The average Bonchev–Trinajstić information content (AvgIpc) is 2.93. The number of nitrogens with zero attached hydrogens (tertiary/aromatic N) is 2. The van der Waals surface area contributed by atoms with E-state index >= 15 is 0 Å². The molecule has 0 unspecified atom stereocenters. The van der Waals surface area contributed by atoms with Gasteiger partial charge in [-0.3, -0.25) is 13.9 Å². The highest BCUT2D eigenvalue weighted by atomic mass is 35.5. The summed E-state index contributed by atoms with van der Waals surface area (Å²) in [6, 6.07) is 23.1. The number of hydrogen-bond donors (Lipinski definition) is 1. The van der Waals surface area contributed by atoms with Crippen molar-refractivity contribution in [2.75, 3.05) is 17.4 Å². The van der Waals surface area contributed by atoms with Gasteiger partial charge in [-0.15, -0.1) is 0 Å². The smallest absolute Gasteiger partial charge is 0.264 e. The van der Waals surface area contributed by atoms with Crippen LogP contribution in [0.2, 0.25) is 5.02 Å². The fraction of sp³-hybridized carbons (Fsp3) is 0.310. The van der Waals surface area contributed by atoms with E-state index in [9.17, 15) is 18.0 Å². The van der Waals surface area contributed by atoms with Gasteiger partial charge in [-0.25, -0.2) is 8.42 Å². The molecular weight excluding hydrogens is 522 g/mol. The first-order chi connectivity index (χ1) is 18.1. The summed E-state index contributed by atoms with van der Waals surface area (Å²) in [5, 5.41) is 3.12. The number of para-hydroxylation sites is 1. The largest absolute Gasteiger partial charge is 0.352 e. The zero-order chi connectivity index (χ0) is 27.7. The van der Waals surface area contributed by atoms with Gasteiger partial charge < -0.3 is 10.2 Å². The molecule has 0 heterocycles.